The first kappa shape index (κ1) is 14.3. The molecular formula is C15H20BrN3. The zero-order valence-electron chi connectivity index (χ0n) is 11.7. The molecule has 102 valence electrons. The molecule has 0 bridgehead atoms. The maximum Gasteiger partial charge on any atom is 0.0624 e. The Labute approximate surface area is 122 Å². The smallest absolute Gasteiger partial charge is 0.0624 e. The number of hydrogen-bond acceptors (Lipinski definition) is 2. The maximum atomic E-state index is 6.32. The van der Waals surface area contributed by atoms with Crippen molar-refractivity contribution in [1.29, 1.82) is 0 Å². The van der Waals surface area contributed by atoms with Crippen molar-refractivity contribution in [3.05, 3.63) is 51.3 Å². The van der Waals surface area contributed by atoms with Gasteiger partial charge in [0, 0.05) is 29.7 Å². The van der Waals surface area contributed by atoms with Gasteiger partial charge < -0.3 is 5.73 Å². The zero-order chi connectivity index (χ0) is 14.0. The Morgan fingerprint density at radius 1 is 1.32 bits per heavy atom. The topological polar surface area (TPSA) is 43.8 Å². The molecule has 0 saturated heterocycles. The van der Waals surface area contributed by atoms with Crippen LogP contribution in [-0.2, 0) is 19.9 Å². The summed E-state index contributed by atoms with van der Waals surface area (Å²) < 4.78 is 3.01. The zero-order valence-corrected chi connectivity index (χ0v) is 13.2. The Morgan fingerprint density at radius 3 is 2.63 bits per heavy atom. The van der Waals surface area contributed by atoms with E-state index in [-0.39, 0.29) is 6.04 Å². The van der Waals surface area contributed by atoms with Crippen LogP contribution in [0.2, 0.25) is 0 Å². The maximum absolute atomic E-state index is 6.32. The van der Waals surface area contributed by atoms with Gasteiger partial charge in [0.15, 0.2) is 0 Å². The second-order valence-electron chi connectivity index (χ2n) is 4.98. The van der Waals surface area contributed by atoms with Gasteiger partial charge in [-0.05, 0) is 42.7 Å². The lowest BCUT2D eigenvalue weighted by molar-refractivity contribution is 0.637. The summed E-state index contributed by atoms with van der Waals surface area (Å²) in [4.78, 5) is 0. The quantitative estimate of drug-likeness (QED) is 0.939. The van der Waals surface area contributed by atoms with Crippen LogP contribution in [0.25, 0.3) is 0 Å². The van der Waals surface area contributed by atoms with Gasteiger partial charge in [0.25, 0.3) is 0 Å². The second kappa shape index (κ2) is 5.88. The molecule has 19 heavy (non-hydrogen) atoms. The number of nitrogens with two attached hydrogens (primary N) is 1. The van der Waals surface area contributed by atoms with E-state index in [1.54, 1.807) is 0 Å². The number of aromatic nitrogens is 2. The fourth-order valence-corrected chi connectivity index (χ4v) is 2.88. The highest BCUT2D eigenvalue weighted by atomic mass is 79.9. The van der Waals surface area contributed by atoms with E-state index in [0.717, 1.165) is 28.6 Å². The lowest BCUT2D eigenvalue weighted by atomic mass is 10.0. The molecule has 0 amide bonds. The molecule has 1 aromatic heterocycles. The van der Waals surface area contributed by atoms with Crippen LogP contribution in [0.1, 0.15) is 35.5 Å². The Morgan fingerprint density at radius 2 is 2.05 bits per heavy atom. The van der Waals surface area contributed by atoms with Gasteiger partial charge in [0.2, 0.25) is 0 Å². The monoisotopic (exact) mass is 321 g/mol. The fraction of sp³-hybridized carbons (Fsp3) is 0.400. The van der Waals surface area contributed by atoms with Crippen molar-refractivity contribution >= 4 is 15.9 Å². The van der Waals surface area contributed by atoms with E-state index >= 15 is 0 Å². The normalized spacial score (nSPS) is 12.7. The summed E-state index contributed by atoms with van der Waals surface area (Å²) in [5, 5.41) is 4.46. The highest BCUT2D eigenvalue weighted by molar-refractivity contribution is 9.10. The SMILES string of the molecule is CCc1cc(CC(N)c2cc(C)cc(Br)c2)n(C)n1. The van der Waals surface area contributed by atoms with Crippen molar-refractivity contribution in [3.8, 4) is 0 Å². The van der Waals surface area contributed by atoms with Crippen molar-refractivity contribution in [2.45, 2.75) is 32.7 Å². The van der Waals surface area contributed by atoms with E-state index in [9.17, 15) is 0 Å². The third-order valence-corrected chi connectivity index (χ3v) is 3.77. The van der Waals surface area contributed by atoms with E-state index < -0.39 is 0 Å². The first-order chi connectivity index (χ1) is 8.99. The first-order valence-corrected chi connectivity index (χ1v) is 7.33. The minimum atomic E-state index is -0.00342. The van der Waals surface area contributed by atoms with Gasteiger partial charge in [0.1, 0.15) is 0 Å². The minimum Gasteiger partial charge on any atom is -0.324 e. The van der Waals surface area contributed by atoms with Crippen LogP contribution in [0, 0.1) is 6.92 Å². The van der Waals surface area contributed by atoms with Crippen molar-refractivity contribution in [2.75, 3.05) is 0 Å². The Hall–Kier alpha value is -1.13. The molecule has 0 spiro atoms. The van der Waals surface area contributed by atoms with Gasteiger partial charge in [-0.15, -0.1) is 0 Å². The van der Waals surface area contributed by atoms with E-state index in [2.05, 4.69) is 59.1 Å². The standard InChI is InChI=1S/C15H20BrN3/c1-4-13-8-14(19(3)18-13)9-15(17)11-5-10(2)6-12(16)7-11/h5-8,15H,4,9,17H2,1-3H3. The van der Waals surface area contributed by atoms with E-state index in [4.69, 9.17) is 5.73 Å². The molecular weight excluding hydrogens is 302 g/mol. The van der Waals surface area contributed by atoms with Gasteiger partial charge in [-0.25, -0.2) is 0 Å². The number of hydrogen-bond donors (Lipinski definition) is 1. The number of halogens is 1. The molecule has 0 fully saturated rings. The van der Waals surface area contributed by atoms with Crippen molar-refractivity contribution in [1.82, 2.24) is 9.78 Å². The third-order valence-electron chi connectivity index (χ3n) is 3.31. The summed E-state index contributed by atoms with van der Waals surface area (Å²) >= 11 is 3.52. The van der Waals surface area contributed by atoms with Crippen LogP contribution < -0.4 is 5.73 Å². The Kier molecular flexibility index (Phi) is 4.42. The molecule has 2 N–H and O–H groups in total. The summed E-state index contributed by atoms with van der Waals surface area (Å²) in [7, 11) is 1.98. The Balaban J connectivity index is 2.20. The predicted octanol–water partition coefficient (Wildman–Crippen LogP) is 3.30. The van der Waals surface area contributed by atoms with Gasteiger partial charge in [0.05, 0.1) is 5.69 Å². The molecule has 1 atom stereocenters. The number of rotatable bonds is 4. The van der Waals surface area contributed by atoms with Gasteiger partial charge >= 0.3 is 0 Å². The number of aryl methyl sites for hydroxylation is 3. The van der Waals surface area contributed by atoms with Crippen LogP contribution in [0.5, 0.6) is 0 Å². The summed E-state index contributed by atoms with van der Waals surface area (Å²) in [5.74, 6) is 0. The van der Waals surface area contributed by atoms with E-state index in [0.29, 0.717) is 0 Å². The molecule has 2 aromatic rings. The summed E-state index contributed by atoms with van der Waals surface area (Å²) in [6.45, 7) is 4.20. The molecule has 0 aliphatic rings. The van der Waals surface area contributed by atoms with Crippen LogP contribution >= 0.6 is 15.9 Å². The highest BCUT2D eigenvalue weighted by Crippen LogP contribution is 2.22. The van der Waals surface area contributed by atoms with Crippen molar-refractivity contribution in [2.24, 2.45) is 12.8 Å². The van der Waals surface area contributed by atoms with E-state index in [1.165, 1.54) is 11.3 Å². The fourth-order valence-electron chi connectivity index (χ4n) is 2.26. The number of benzene rings is 1. The highest BCUT2D eigenvalue weighted by Gasteiger charge is 2.12. The first-order valence-electron chi connectivity index (χ1n) is 6.54. The molecule has 0 aliphatic carbocycles. The molecule has 0 radical (unpaired) electrons. The summed E-state index contributed by atoms with van der Waals surface area (Å²) in [5.41, 5.74) is 11.0. The lowest BCUT2D eigenvalue weighted by Crippen LogP contribution is -2.15. The molecule has 4 heteroatoms. The second-order valence-corrected chi connectivity index (χ2v) is 5.89. The van der Waals surface area contributed by atoms with Gasteiger partial charge in [-0.2, -0.15) is 5.10 Å². The molecule has 1 heterocycles. The molecule has 0 saturated carbocycles. The average Bonchev–Trinajstić information content (AvgIpc) is 2.69. The molecule has 1 aromatic carbocycles. The third kappa shape index (κ3) is 3.45. The summed E-state index contributed by atoms with van der Waals surface area (Å²) in [6.07, 6.45) is 1.76. The van der Waals surface area contributed by atoms with Crippen LogP contribution in [0.15, 0.2) is 28.7 Å². The Bertz CT molecular complexity index is 555. The summed E-state index contributed by atoms with van der Waals surface area (Å²) in [6, 6.07) is 8.47. The van der Waals surface area contributed by atoms with Crippen molar-refractivity contribution in [3.63, 3.8) is 0 Å². The molecule has 3 nitrogen and oxygen atoms in total. The number of nitrogens with zero attached hydrogens (tertiary/aromatic N) is 2. The van der Waals surface area contributed by atoms with Crippen LogP contribution in [-0.4, -0.2) is 9.78 Å². The average molecular weight is 322 g/mol. The van der Waals surface area contributed by atoms with E-state index in [1.807, 2.05) is 11.7 Å². The van der Waals surface area contributed by atoms with Gasteiger partial charge in [-0.1, -0.05) is 28.9 Å². The van der Waals surface area contributed by atoms with Gasteiger partial charge in [-0.3, -0.25) is 4.68 Å². The minimum absolute atomic E-state index is 0.00342. The predicted molar refractivity (Wildman–Crippen MR) is 82.1 cm³/mol. The van der Waals surface area contributed by atoms with Crippen LogP contribution in [0.3, 0.4) is 0 Å². The molecule has 0 aliphatic heterocycles. The molecule has 2 rings (SSSR count). The van der Waals surface area contributed by atoms with Crippen molar-refractivity contribution < 1.29 is 0 Å². The lowest BCUT2D eigenvalue weighted by Gasteiger charge is -2.13. The largest absolute Gasteiger partial charge is 0.324 e. The molecule has 1 unspecified atom stereocenters. The van der Waals surface area contributed by atoms with Crippen LogP contribution in [0.4, 0.5) is 0 Å².